The Morgan fingerprint density at radius 3 is 2.96 bits per heavy atom. The van der Waals surface area contributed by atoms with E-state index in [1.165, 1.54) is 14.7 Å². The van der Waals surface area contributed by atoms with Gasteiger partial charge in [-0.25, -0.2) is 0 Å². The fraction of sp³-hybridized carbons (Fsp3) is 0.250. The zero-order valence-electron chi connectivity index (χ0n) is 14.1. The van der Waals surface area contributed by atoms with E-state index in [-0.39, 0.29) is 5.75 Å². The lowest BCUT2D eigenvalue weighted by Crippen LogP contribution is -2.10. The van der Waals surface area contributed by atoms with E-state index in [1.807, 2.05) is 31.5 Å². The summed E-state index contributed by atoms with van der Waals surface area (Å²) >= 11 is 2.33. The first-order chi connectivity index (χ1) is 12.2. The van der Waals surface area contributed by atoms with E-state index >= 15 is 0 Å². The van der Waals surface area contributed by atoms with Gasteiger partial charge in [0.25, 0.3) is 0 Å². The van der Waals surface area contributed by atoms with E-state index in [0.717, 1.165) is 17.5 Å². The SMILES string of the molecule is CCCOc1ccc(CN/C=C2\CN=Cc3ccc(I)cc32)cc1O. The van der Waals surface area contributed by atoms with Gasteiger partial charge in [-0.3, -0.25) is 4.99 Å². The summed E-state index contributed by atoms with van der Waals surface area (Å²) in [6.07, 6.45) is 4.86. The molecule has 3 rings (SSSR count). The first-order valence-corrected chi connectivity index (χ1v) is 9.42. The number of nitrogens with one attached hydrogen (secondary N) is 1. The van der Waals surface area contributed by atoms with Crippen LogP contribution in [0, 0.1) is 3.57 Å². The van der Waals surface area contributed by atoms with E-state index in [9.17, 15) is 5.11 Å². The molecule has 0 aliphatic carbocycles. The topological polar surface area (TPSA) is 53.8 Å². The Hall–Kier alpha value is -2.02. The Bertz CT molecular complexity index is 815. The Kier molecular flexibility index (Phi) is 5.96. The first-order valence-electron chi connectivity index (χ1n) is 8.34. The number of rotatable bonds is 6. The van der Waals surface area contributed by atoms with Gasteiger partial charge in [0.05, 0.1) is 13.2 Å². The predicted molar refractivity (Wildman–Crippen MR) is 110 cm³/mol. The predicted octanol–water partition coefficient (Wildman–Crippen LogP) is 4.35. The summed E-state index contributed by atoms with van der Waals surface area (Å²) in [6.45, 7) is 3.95. The zero-order valence-corrected chi connectivity index (χ0v) is 16.3. The molecule has 0 spiro atoms. The molecule has 0 saturated carbocycles. The molecule has 1 aliphatic rings. The number of hydrogen-bond donors (Lipinski definition) is 2. The normalized spacial score (nSPS) is 14.4. The van der Waals surface area contributed by atoms with Crippen molar-refractivity contribution >= 4 is 34.4 Å². The van der Waals surface area contributed by atoms with Crippen LogP contribution < -0.4 is 10.1 Å². The molecule has 0 atom stereocenters. The van der Waals surface area contributed by atoms with Gasteiger partial charge in [-0.2, -0.15) is 0 Å². The molecule has 5 heteroatoms. The number of aliphatic imine (C=N–C) groups is 1. The van der Waals surface area contributed by atoms with Crippen LogP contribution in [0.2, 0.25) is 0 Å². The highest BCUT2D eigenvalue weighted by molar-refractivity contribution is 14.1. The van der Waals surface area contributed by atoms with E-state index in [1.54, 1.807) is 6.07 Å². The standard InChI is InChI=1S/C20H21IN2O2/c1-2-7-25-20-6-3-14(8-19(20)24)10-22-12-16-13-23-11-15-4-5-17(21)9-18(15)16/h3-6,8-9,11-12,22,24H,2,7,10,13H2,1H3/b16-12+. The third kappa shape index (κ3) is 4.54. The maximum atomic E-state index is 10.0. The molecule has 0 radical (unpaired) electrons. The molecule has 25 heavy (non-hydrogen) atoms. The maximum Gasteiger partial charge on any atom is 0.160 e. The largest absolute Gasteiger partial charge is 0.504 e. The highest BCUT2D eigenvalue weighted by Gasteiger charge is 2.11. The van der Waals surface area contributed by atoms with Crippen LogP contribution in [0.4, 0.5) is 0 Å². The number of benzene rings is 2. The molecule has 0 amide bonds. The van der Waals surface area contributed by atoms with Crippen molar-refractivity contribution in [3.63, 3.8) is 0 Å². The van der Waals surface area contributed by atoms with Crippen LogP contribution in [0.15, 0.2) is 47.6 Å². The molecule has 130 valence electrons. The van der Waals surface area contributed by atoms with Crippen LogP contribution in [-0.4, -0.2) is 24.5 Å². The van der Waals surface area contributed by atoms with Crippen LogP contribution in [0.25, 0.3) is 5.57 Å². The Balaban J connectivity index is 1.67. The molecule has 2 aromatic rings. The quantitative estimate of drug-likeness (QED) is 0.647. The van der Waals surface area contributed by atoms with Gasteiger partial charge in [-0.05, 0) is 75.5 Å². The molecule has 1 aliphatic heterocycles. The minimum Gasteiger partial charge on any atom is -0.504 e. The summed E-state index contributed by atoms with van der Waals surface area (Å²) in [5.41, 5.74) is 4.54. The van der Waals surface area contributed by atoms with Crippen molar-refractivity contribution in [3.8, 4) is 11.5 Å². The second-order valence-corrected chi connectivity index (χ2v) is 7.15. The number of phenolic OH excluding ortho intramolecular Hbond substituents is 1. The summed E-state index contributed by atoms with van der Waals surface area (Å²) < 4.78 is 6.71. The second kappa shape index (κ2) is 8.38. The molecule has 0 bridgehead atoms. The number of nitrogens with zero attached hydrogens (tertiary/aromatic N) is 1. The van der Waals surface area contributed by atoms with Crippen molar-refractivity contribution in [1.82, 2.24) is 5.32 Å². The fourth-order valence-corrected chi connectivity index (χ4v) is 3.16. The lowest BCUT2D eigenvalue weighted by molar-refractivity contribution is 0.299. The van der Waals surface area contributed by atoms with Crippen LogP contribution in [-0.2, 0) is 6.54 Å². The number of ether oxygens (including phenoxy) is 1. The zero-order chi connectivity index (χ0) is 17.6. The van der Waals surface area contributed by atoms with Gasteiger partial charge in [-0.1, -0.05) is 19.1 Å². The van der Waals surface area contributed by atoms with E-state index in [0.29, 0.717) is 25.4 Å². The van der Waals surface area contributed by atoms with Crippen LogP contribution in [0.3, 0.4) is 0 Å². The molecule has 2 aromatic carbocycles. The molecular formula is C20H21IN2O2. The molecule has 4 nitrogen and oxygen atoms in total. The van der Waals surface area contributed by atoms with Gasteiger partial charge >= 0.3 is 0 Å². The van der Waals surface area contributed by atoms with Gasteiger partial charge < -0.3 is 15.2 Å². The molecule has 0 aromatic heterocycles. The maximum absolute atomic E-state index is 10.0. The van der Waals surface area contributed by atoms with Gasteiger partial charge in [0.1, 0.15) is 0 Å². The summed E-state index contributed by atoms with van der Waals surface area (Å²) in [5, 5.41) is 13.4. The first kappa shape index (κ1) is 17.8. The van der Waals surface area contributed by atoms with Crippen molar-refractivity contribution in [2.75, 3.05) is 13.2 Å². The van der Waals surface area contributed by atoms with Gasteiger partial charge in [-0.15, -0.1) is 0 Å². The van der Waals surface area contributed by atoms with Gasteiger partial charge in [0.15, 0.2) is 11.5 Å². The molecule has 0 fully saturated rings. The third-order valence-corrected chi connectivity index (χ3v) is 4.59. The lowest BCUT2D eigenvalue weighted by Gasteiger charge is -2.15. The minimum atomic E-state index is 0.183. The molecular weight excluding hydrogens is 427 g/mol. The molecule has 2 N–H and O–H groups in total. The highest BCUT2D eigenvalue weighted by atomic mass is 127. The van der Waals surface area contributed by atoms with Crippen molar-refractivity contribution < 1.29 is 9.84 Å². The molecule has 1 heterocycles. The lowest BCUT2D eigenvalue weighted by atomic mass is 9.99. The summed E-state index contributed by atoms with van der Waals surface area (Å²) in [5.74, 6) is 0.719. The van der Waals surface area contributed by atoms with Crippen molar-refractivity contribution in [3.05, 3.63) is 62.9 Å². The summed E-state index contributed by atoms with van der Waals surface area (Å²) in [6, 6.07) is 11.9. The Morgan fingerprint density at radius 2 is 2.16 bits per heavy atom. The van der Waals surface area contributed by atoms with Crippen molar-refractivity contribution in [2.45, 2.75) is 19.9 Å². The van der Waals surface area contributed by atoms with Crippen LogP contribution >= 0.6 is 22.6 Å². The number of hydrogen-bond acceptors (Lipinski definition) is 4. The van der Waals surface area contributed by atoms with E-state index in [4.69, 9.17) is 4.74 Å². The van der Waals surface area contributed by atoms with Crippen molar-refractivity contribution in [2.24, 2.45) is 4.99 Å². The van der Waals surface area contributed by atoms with Crippen molar-refractivity contribution in [1.29, 1.82) is 0 Å². The average Bonchev–Trinajstić information content (AvgIpc) is 2.61. The van der Waals surface area contributed by atoms with E-state index < -0.39 is 0 Å². The smallest absolute Gasteiger partial charge is 0.160 e. The van der Waals surface area contributed by atoms with Crippen LogP contribution in [0.1, 0.15) is 30.0 Å². The monoisotopic (exact) mass is 448 g/mol. The summed E-state index contributed by atoms with van der Waals surface area (Å²) in [7, 11) is 0. The average molecular weight is 448 g/mol. The van der Waals surface area contributed by atoms with Gasteiger partial charge in [0, 0.05) is 22.5 Å². The number of halogens is 1. The Morgan fingerprint density at radius 1 is 1.28 bits per heavy atom. The number of fused-ring (bicyclic) bond motifs is 1. The fourth-order valence-electron chi connectivity index (χ4n) is 2.67. The summed E-state index contributed by atoms with van der Waals surface area (Å²) in [4.78, 5) is 4.42. The second-order valence-electron chi connectivity index (χ2n) is 5.90. The van der Waals surface area contributed by atoms with Crippen LogP contribution in [0.5, 0.6) is 11.5 Å². The highest BCUT2D eigenvalue weighted by Crippen LogP contribution is 2.27. The number of phenols is 1. The molecule has 0 saturated heterocycles. The third-order valence-electron chi connectivity index (χ3n) is 3.92. The Labute approximate surface area is 161 Å². The number of aromatic hydroxyl groups is 1. The van der Waals surface area contributed by atoms with Gasteiger partial charge in [0.2, 0.25) is 0 Å². The minimum absolute atomic E-state index is 0.183. The molecule has 0 unspecified atom stereocenters. The van der Waals surface area contributed by atoms with E-state index in [2.05, 4.69) is 51.1 Å².